The molecule has 3 rings (SSSR count). The normalized spacial score (nSPS) is 16.6. The van der Waals surface area contributed by atoms with Crippen molar-refractivity contribution < 1.29 is 4.79 Å². The Morgan fingerprint density at radius 1 is 1.09 bits per heavy atom. The lowest BCUT2D eigenvalue weighted by molar-refractivity contribution is -0.131. The van der Waals surface area contributed by atoms with Crippen LogP contribution in [0.1, 0.15) is 51.7 Å². The van der Waals surface area contributed by atoms with E-state index in [0.717, 1.165) is 50.3 Å². The van der Waals surface area contributed by atoms with Crippen LogP contribution in [-0.2, 0) is 17.6 Å². The lowest BCUT2D eigenvalue weighted by Gasteiger charge is -2.31. The van der Waals surface area contributed by atoms with Gasteiger partial charge in [-0.05, 0) is 80.8 Å². The van der Waals surface area contributed by atoms with E-state index in [2.05, 4.69) is 75.1 Å². The second kappa shape index (κ2) is 12.4. The van der Waals surface area contributed by atoms with E-state index in [1.165, 1.54) is 22.4 Å². The zero-order valence-electron chi connectivity index (χ0n) is 21.1. The van der Waals surface area contributed by atoms with E-state index >= 15 is 0 Å². The average molecular weight is 482 g/mol. The quantitative estimate of drug-likeness (QED) is 0.431. The molecule has 4 nitrogen and oxygen atoms in total. The first kappa shape index (κ1) is 26.3. The zero-order chi connectivity index (χ0) is 24.7. The first-order valence-corrected chi connectivity index (χ1v) is 12.9. The van der Waals surface area contributed by atoms with Crippen molar-refractivity contribution in [2.24, 2.45) is 11.7 Å². The minimum absolute atomic E-state index is 0.0934. The largest absolute Gasteiger partial charge is 0.363 e. The molecule has 2 atom stereocenters. The Kier molecular flexibility index (Phi) is 9.61. The number of amides is 1. The smallest absolute Gasteiger partial charge is 0.239 e. The number of likely N-dealkylation sites (tertiary alicyclic amines) is 1. The van der Waals surface area contributed by atoms with E-state index in [1.54, 1.807) is 0 Å². The summed E-state index contributed by atoms with van der Waals surface area (Å²) in [5.74, 6) is 0.514. The first-order chi connectivity index (χ1) is 16.2. The predicted octanol–water partition coefficient (Wildman–Crippen LogP) is 5.87. The average Bonchev–Trinajstić information content (AvgIpc) is 3.28. The molecule has 1 heterocycles. The molecule has 0 spiro atoms. The Labute approximate surface area is 210 Å². The molecule has 34 heavy (non-hydrogen) atoms. The lowest BCUT2D eigenvalue weighted by Crippen LogP contribution is -2.45. The van der Waals surface area contributed by atoms with E-state index < -0.39 is 6.04 Å². The molecule has 1 amide bonds. The second-order valence-electron chi connectivity index (χ2n) is 10.2. The summed E-state index contributed by atoms with van der Waals surface area (Å²) >= 11 is 6.00. The maximum atomic E-state index is 12.9. The van der Waals surface area contributed by atoms with E-state index in [9.17, 15) is 4.79 Å². The number of halogens is 1. The fourth-order valence-corrected chi connectivity index (χ4v) is 4.71. The zero-order valence-corrected chi connectivity index (χ0v) is 21.9. The molecule has 2 aromatic rings. The minimum Gasteiger partial charge on any atom is -0.363 e. The standard InChI is InChI=1S/C29H40ClN3O/c1-21(2)15-18-33(27-16-17-32(20-27)29(34)28(31)19-22(3)4)26-13-9-24(10-14-26)6-5-23-7-11-25(30)12-8-23/h7-15,22,27-28H,5-6,16-20,31H2,1-4H3. The van der Waals surface area contributed by atoms with Crippen LogP contribution < -0.4 is 10.6 Å². The Balaban J connectivity index is 1.66. The van der Waals surface area contributed by atoms with Gasteiger partial charge in [-0.1, -0.05) is 61.4 Å². The van der Waals surface area contributed by atoms with E-state index in [1.807, 2.05) is 17.0 Å². The van der Waals surface area contributed by atoms with Gasteiger partial charge in [-0.25, -0.2) is 0 Å². The second-order valence-corrected chi connectivity index (χ2v) is 10.6. The molecule has 1 saturated heterocycles. The van der Waals surface area contributed by atoms with Crippen LogP contribution >= 0.6 is 11.6 Å². The van der Waals surface area contributed by atoms with Crippen molar-refractivity contribution in [1.29, 1.82) is 0 Å². The van der Waals surface area contributed by atoms with Crippen molar-refractivity contribution in [3.8, 4) is 0 Å². The number of anilines is 1. The molecule has 2 N–H and O–H groups in total. The van der Waals surface area contributed by atoms with Crippen molar-refractivity contribution in [1.82, 2.24) is 4.90 Å². The topological polar surface area (TPSA) is 49.6 Å². The summed E-state index contributed by atoms with van der Waals surface area (Å²) in [4.78, 5) is 17.3. The highest BCUT2D eigenvalue weighted by Gasteiger charge is 2.32. The summed E-state index contributed by atoms with van der Waals surface area (Å²) in [6.07, 6.45) is 5.96. The molecular formula is C29H40ClN3O. The van der Waals surface area contributed by atoms with Crippen molar-refractivity contribution in [2.45, 2.75) is 65.5 Å². The molecule has 0 aliphatic carbocycles. The van der Waals surface area contributed by atoms with Crippen LogP contribution in [0.25, 0.3) is 0 Å². The minimum atomic E-state index is -0.398. The number of rotatable bonds is 10. The monoisotopic (exact) mass is 481 g/mol. The van der Waals surface area contributed by atoms with E-state index in [4.69, 9.17) is 17.3 Å². The molecule has 1 fully saturated rings. The number of benzene rings is 2. The summed E-state index contributed by atoms with van der Waals surface area (Å²) in [6.45, 7) is 10.8. The van der Waals surface area contributed by atoms with Gasteiger partial charge in [0.1, 0.15) is 0 Å². The van der Waals surface area contributed by atoms with Gasteiger partial charge in [0.25, 0.3) is 0 Å². The van der Waals surface area contributed by atoms with Gasteiger partial charge < -0.3 is 15.5 Å². The highest BCUT2D eigenvalue weighted by atomic mass is 35.5. The van der Waals surface area contributed by atoms with E-state index in [-0.39, 0.29) is 5.91 Å². The fraction of sp³-hybridized carbons (Fsp3) is 0.483. The van der Waals surface area contributed by atoms with Crippen molar-refractivity contribution in [3.05, 3.63) is 76.3 Å². The summed E-state index contributed by atoms with van der Waals surface area (Å²) < 4.78 is 0. The molecule has 0 bridgehead atoms. The van der Waals surface area contributed by atoms with Crippen LogP contribution in [0.3, 0.4) is 0 Å². The SMILES string of the molecule is CC(C)=CCN(c1ccc(CCc2ccc(Cl)cc2)cc1)C1CCN(C(=O)C(N)CC(C)C)C1. The molecule has 1 aliphatic heterocycles. The van der Waals surface area contributed by atoms with Gasteiger partial charge in [-0.2, -0.15) is 0 Å². The maximum absolute atomic E-state index is 12.9. The number of allylic oxidation sites excluding steroid dienone is 1. The first-order valence-electron chi connectivity index (χ1n) is 12.5. The lowest BCUT2D eigenvalue weighted by atomic mass is 10.0. The number of nitrogens with two attached hydrogens (primary N) is 1. The van der Waals surface area contributed by atoms with Crippen LogP contribution in [0.4, 0.5) is 5.69 Å². The highest BCUT2D eigenvalue weighted by Crippen LogP contribution is 2.25. The predicted molar refractivity (Wildman–Crippen MR) is 144 cm³/mol. The van der Waals surface area contributed by atoms with Gasteiger partial charge >= 0.3 is 0 Å². The van der Waals surface area contributed by atoms with Crippen LogP contribution in [-0.4, -0.2) is 42.5 Å². The summed E-state index contributed by atoms with van der Waals surface area (Å²) in [7, 11) is 0. The Hall–Kier alpha value is -2.30. The highest BCUT2D eigenvalue weighted by molar-refractivity contribution is 6.30. The summed E-state index contributed by atoms with van der Waals surface area (Å²) in [5, 5.41) is 0.777. The molecule has 0 saturated carbocycles. The third-order valence-corrected chi connectivity index (χ3v) is 6.79. The van der Waals surface area contributed by atoms with Gasteiger partial charge in [0, 0.05) is 36.4 Å². The molecule has 1 aliphatic rings. The maximum Gasteiger partial charge on any atom is 0.239 e. The van der Waals surface area contributed by atoms with E-state index in [0.29, 0.717) is 12.0 Å². The van der Waals surface area contributed by atoms with Crippen LogP contribution in [0.15, 0.2) is 60.2 Å². The van der Waals surface area contributed by atoms with Gasteiger partial charge in [0.2, 0.25) is 5.91 Å². The molecular weight excluding hydrogens is 442 g/mol. The number of nitrogens with zero attached hydrogens (tertiary/aromatic N) is 2. The third kappa shape index (κ3) is 7.61. The molecule has 2 unspecified atom stereocenters. The Morgan fingerprint density at radius 3 is 2.24 bits per heavy atom. The number of hydrogen-bond donors (Lipinski definition) is 1. The van der Waals surface area contributed by atoms with Gasteiger partial charge in [0.15, 0.2) is 0 Å². The molecule has 2 aromatic carbocycles. The molecule has 0 radical (unpaired) electrons. The third-order valence-electron chi connectivity index (χ3n) is 6.54. The van der Waals surface area contributed by atoms with Crippen molar-refractivity contribution in [3.63, 3.8) is 0 Å². The van der Waals surface area contributed by atoms with Crippen LogP contribution in [0, 0.1) is 5.92 Å². The molecule has 184 valence electrons. The summed E-state index contributed by atoms with van der Waals surface area (Å²) in [6, 6.07) is 16.9. The fourth-order valence-electron chi connectivity index (χ4n) is 4.58. The number of aryl methyl sites for hydroxylation is 2. The Morgan fingerprint density at radius 2 is 1.68 bits per heavy atom. The van der Waals surface area contributed by atoms with Crippen molar-refractivity contribution >= 4 is 23.2 Å². The van der Waals surface area contributed by atoms with Crippen molar-refractivity contribution in [2.75, 3.05) is 24.5 Å². The summed E-state index contributed by atoms with van der Waals surface area (Å²) in [5.41, 5.74) is 11.3. The molecule has 5 heteroatoms. The number of carbonyl (C=O) groups excluding carboxylic acids is 1. The van der Waals surface area contributed by atoms with Crippen LogP contribution in [0.2, 0.25) is 5.02 Å². The van der Waals surface area contributed by atoms with Gasteiger partial charge in [-0.15, -0.1) is 0 Å². The Bertz CT molecular complexity index is 948. The molecule has 0 aromatic heterocycles. The van der Waals surface area contributed by atoms with Gasteiger partial charge in [-0.3, -0.25) is 4.79 Å². The number of hydrogen-bond acceptors (Lipinski definition) is 3. The number of carbonyl (C=O) groups is 1. The van der Waals surface area contributed by atoms with Crippen LogP contribution in [0.5, 0.6) is 0 Å². The van der Waals surface area contributed by atoms with Gasteiger partial charge in [0.05, 0.1) is 6.04 Å².